The van der Waals surface area contributed by atoms with Crippen LogP contribution in [0.5, 0.6) is 0 Å². The first-order valence-corrected chi connectivity index (χ1v) is 23.4. The SMILES string of the molecule is CC1(C)c2ccccc2-c2ccc(-c3c4ccccc4cc4c3oc3cc(N(c5ccc(-c6cccc7c6oc6ccccc67)cc5)c5ccc6c(c5)C(C)(C)c5ccccc5-6)ccc34)cc21. The molecule has 12 aromatic rings. The van der Waals surface area contributed by atoms with E-state index in [1.54, 1.807) is 0 Å². The van der Waals surface area contributed by atoms with Crippen molar-refractivity contribution in [1.82, 2.24) is 0 Å². The summed E-state index contributed by atoms with van der Waals surface area (Å²) < 4.78 is 13.7. The van der Waals surface area contributed by atoms with Crippen LogP contribution in [-0.4, -0.2) is 0 Å². The molecular formula is C64H45NO2. The maximum Gasteiger partial charge on any atom is 0.143 e. The third-order valence-corrected chi connectivity index (χ3v) is 15.3. The zero-order valence-corrected chi connectivity index (χ0v) is 37.8. The van der Waals surface area contributed by atoms with Gasteiger partial charge in [0, 0.05) is 66.6 Å². The second-order valence-corrected chi connectivity index (χ2v) is 19.6. The number of rotatable bonds is 5. The van der Waals surface area contributed by atoms with E-state index in [1.807, 2.05) is 12.1 Å². The molecule has 0 atom stereocenters. The van der Waals surface area contributed by atoms with Crippen molar-refractivity contribution < 1.29 is 8.83 Å². The van der Waals surface area contributed by atoms with E-state index in [2.05, 4.69) is 221 Å². The van der Waals surface area contributed by atoms with Gasteiger partial charge >= 0.3 is 0 Å². The molecule has 0 bridgehead atoms. The smallest absolute Gasteiger partial charge is 0.143 e. The van der Waals surface area contributed by atoms with Gasteiger partial charge in [-0.05, 0) is 121 Å². The van der Waals surface area contributed by atoms with Crippen LogP contribution in [0.25, 0.3) is 99.2 Å². The largest absolute Gasteiger partial charge is 0.455 e. The van der Waals surface area contributed by atoms with Gasteiger partial charge in [-0.2, -0.15) is 0 Å². The van der Waals surface area contributed by atoms with Gasteiger partial charge in [0.2, 0.25) is 0 Å². The molecule has 10 aromatic carbocycles. The molecule has 3 nitrogen and oxygen atoms in total. The Labute approximate surface area is 389 Å². The predicted octanol–water partition coefficient (Wildman–Crippen LogP) is 18.1. The minimum absolute atomic E-state index is 0.119. The van der Waals surface area contributed by atoms with Crippen molar-refractivity contribution in [2.24, 2.45) is 0 Å². The van der Waals surface area contributed by atoms with E-state index >= 15 is 0 Å². The van der Waals surface area contributed by atoms with Crippen LogP contribution in [0.2, 0.25) is 0 Å². The zero-order chi connectivity index (χ0) is 44.8. The Bertz CT molecular complexity index is 4050. The normalized spacial score (nSPS) is 14.2. The van der Waals surface area contributed by atoms with Crippen LogP contribution >= 0.6 is 0 Å². The van der Waals surface area contributed by atoms with E-state index in [0.29, 0.717) is 0 Å². The topological polar surface area (TPSA) is 29.5 Å². The molecule has 0 saturated heterocycles. The van der Waals surface area contributed by atoms with E-state index in [-0.39, 0.29) is 10.8 Å². The summed E-state index contributed by atoms with van der Waals surface area (Å²) in [6.45, 7) is 9.40. The third kappa shape index (κ3) is 5.40. The Morgan fingerprint density at radius 2 is 0.866 bits per heavy atom. The molecule has 318 valence electrons. The number of nitrogens with zero attached hydrogens (tertiary/aromatic N) is 1. The average molecular weight is 860 g/mol. The lowest BCUT2D eigenvalue weighted by atomic mass is 9.81. The lowest BCUT2D eigenvalue weighted by Gasteiger charge is -2.28. The molecule has 0 N–H and O–H groups in total. The van der Waals surface area contributed by atoms with Gasteiger partial charge < -0.3 is 13.7 Å². The Kier molecular flexibility index (Phi) is 7.80. The lowest BCUT2D eigenvalue weighted by Crippen LogP contribution is -2.16. The maximum absolute atomic E-state index is 7.20. The summed E-state index contributed by atoms with van der Waals surface area (Å²) in [5.41, 5.74) is 21.6. The van der Waals surface area contributed by atoms with Crippen LogP contribution in [-0.2, 0) is 10.8 Å². The number of fused-ring (bicyclic) bond motifs is 13. The summed E-state index contributed by atoms with van der Waals surface area (Å²) >= 11 is 0. The fourth-order valence-corrected chi connectivity index (χ4v) is 11.9. The van der Waals surface area contributed by atoms with Crippen molar-refractivity contribution in [3.05, 3.63) is 222 Å². The van der Waals surface area contributed by atoms with E-state index in [9.17, 15) is 0 Å². The van der Waals surface area contributed by atoms with Crippen molar-refractivity contribution in [2.45, 2.75) is 38.5 Å². The fraction of sp³-hybridized carbons (Fsp3) is 0.0938. The first-order chi connectivity index (χ1) is 32.7. The maximum atomic E-state index is 7.20. The van der Waals surface area contributed by atoms with Gasteiger partial charge in [-0.25, -0.2) is 0 Å². The third-order valence-electron chi connectivity index (χ3n) is 15.3. The van der Waals surface area contributed by atoms with Gasteiger partial charge in [-0.1, -0.05) is 167 Å². The van der Waals surface area contributed by atoms with Gasteiger partial charge in [-0.3, -0.25) is 0 Å². The van der Waals surface area contributed by atoms with Crippen LogP contribution in [0, 0.1) is 0 Å². The summed E-state index contributed by atoms with van der Waals surface area (Å²) in [5, 5.41) is 6.85. The van der Waals surface area contributed by atoms with Gasteiger partial charge in [0.05, 0.1) is 0 Å². The highest BCUT2D eigenvalue weighted by atomic mass is 16.3. The van der Waals surface area contributed by atoms with Gasteiger partial charge in [0.15, 0.2) is 0 Å². The number of anilines is 3. The highest BCUT2D eigenvalue weighted by Gasteiger charge is 2.37. The summed E-state index contributed by atoms with van der Waals surface area (Å²) in [4.78, 5) is 2.38. The molecule has 0 amide bonds. The molecule has 3 heteroatoms. The highest BCUT2D eigenvalue weighted by Crippen LogP contribution is 2.53. The quantitative estimate of drug-likeness (QED) is 0.173. The van der Waals surface area contributed by atoms with Crippen molar-refractivity contribution in [3.63, 3.8) is 0 Å². The van der Waals surface area contributed by atoms with Crippen LogP contribution in [0.15, 0.2) is 209 Å². The molecule has 2 aliphatic rings. The van der Waals surface area contributed by atoms with Crippen LogP contribution in [0.3, 0.4) is 0 Å². The molecule has 0 radical (unpaired) electrons. The first-order valence-electron chi connectivity index (χ1n) is 23.4. The zero-order valence-electron chi connectivity index (χ0n) is 37.8. The Hall–Kier alpha value is -8.14. The fourth-order valence-electron chi connectivity index (χ4n) is 11.9. The van der Waals surface area contributed by atoms with Crippen molar-refractivity contribution >= 4 is 71.7 Å². The molecule has 0 unspecified atom stereocenters. The molecule has 2 aliphatic carbocycles. The predicted molar refractivity (Wildman–Crippen MR) is 279 cm³/mol. The van der Waals surface area contributed by atoms with Crippen molar-refractivity contribution in [2.75, 3.05) is 4.90 Å². The molecule has 0 fully saturated rings. The number of furan rings is 2. The van der Waals surface area contributed by atoms with Crippen LogP contribution in [0.4, 0.5) is 17.1 Å². The van der Waals surface area contributed by atoms with Gasteiger partial charge in [-0.15, -0.1) is 0 Å². The average Bonchev–Trinajstić information content (AvgIpc) is 4.06. The minimum atomic E-state index is -0.153. The number of benzene rings is 10. The molecule has 2 aromatic heterocycles. The van der Waals surface area contributed by atoms with Crippen LogP contribution in [0.1, 0.15) is 49.9 Å². The molecule has 14 rings (SSSR count). The second kappa shape index (κ2) is 13.7. The summed E-state index contributed by atoms with van der Waals surface area (Å²) in [6.07, 6.45) is 0. The first kappa shape index (κ1) is 38.2. The molecular weight excluding hydrogens is 815 g/mol. The summed E-state index contributed by atoms with van der Waals surface area (Å²) in [6, 6.07) is 73.2. The standard InChI is InChI=1S/C64H45NO2/c1-63(2)54-21-10-7-16-46(54)48-31-26-40(35-56(48)63)60-44-15-6-5-14-39(44)34-53-51-33-30-43(37-59(51)67-62(53)60)65(42-29-32-49-47-17-8-11-22-55(47)64(3,4)57(49)36-42)41-27-24-38(25-28-41)45-19-13-20-52-50-18-9-12-23-58(50)66-61(45)52/h5-37H,1-4H3. The minimum Gasteiger partial charge on any atom is -0.455 e. The van der Waals surface area contributed by atoms with Gasteiger partial charge in [0.1, 0.15) is 22.3 Å². The Morgan fingerprint density at radius 1 is 0.328 bits per heavy atom. The number of hydrogen-bond acceptors (Lipinski definition) is 3. The summed E-state index contributed by atoms with van der Waals surface area (Å²) in [7, 11) is 0. The van der Waals surface area contributed by atoms with Gasteiger partial charge in [0.25, 0.3) is 0 Å². The van der Waals surface area contributed by atoms with E-state index in [4.69, 9.17) is 8.83 Å². The van der Waals surface area contributed by atoms with Crippen molar-refractivity contribution in [1.29, 1.82) is 0 Å². The molecule has 0 saturated carbocycles. The molecule has 67 heavy (non-hydrogen) atoms. The number of para-hydroxylation sites is 2. The second-order valence-electron chi connectivity index (χ2n) is 19.6. The molecule has 2 heterocycles. The molecule has 0 spiro atoms. The Morgan fingerprint density at radius 3 is 1.64 bits per heavy atom. The molecule has 0 aliphatic heterocycles. The summed E-state index contributed by atoms with van der Waals surface area (Å²) in [5.74, 6) is 0. The van der Waals surface area contributed by atoms with Crippen LogP contribution < -0.4 is 4.90 Å². The van der Waals surface area contributed by atoms with E-state index < -0.39 is 0 Å². The Balaban J connectivity index is 0.945. The van der Waals surface area contributed by atoms with E-state index in [1.165, 1.54) is 60.8 Å². The highest BCUT2D eigenvalue weighted by molar-refractivity contribution is 6.19. The van der Waals surface area contributed by atoms with Crippen molar-refractivity contribution in [3.8, 4) is 44.5 Å². The lowest BCUT2D eigenvalue weighted by molar-refractivity contribution is 0.660. The monoisotopic (exact) mass is 859 g/mol. The number of hydrogen-bond donors (Lipinski definition) is 0. The van der Waals surface area contributed by atoms with E-state index in [0.717, 1.165) is 77.6 Å².